The Labute approximate surface area is 189 Å². The second-order valence-corrected chi connectivity index (χ2v) is 7.72. The van der Waals surface area contributed by atoms with Gasteiger partial charge in [-0.1, -0.05) is 25.0 Å². The van der Waals surface area contributed by atoms with Crippen LogP contribution in [0.2, 0.25) is 0 Å². The minimum absolute atomic E-state index is 0.0497. The molecule has 3 rings (SSSR count). The van der Waals surface area contributed by atoms with Crippen molar-refractivity contribution in [2.45, 2.75) is 25.4 Å². The van der Waals surface area contributed by atoms with E-state index in [-0.39, 0.29) is 30.0 Å². The van der Waals surface area contributed by atoms with Crippen molar-refractivity contribution in [1.82, 2.24) is 10.6 Å². The lowest BCUT2D eigenvalue weighted by Gasteiger charge is -2.12. The van der Waals surface area contributed by atoms with E-state index < -0.39 is 23.6 Å². The molecule has 1 saturated carbocycles. The molecule has 2 aromatic carbocycles. The monoisotopic (exact) mass is 462 g/mol. The van der Waals surface area contributed by atoms with Crippen molar-refractivity contribution in [2.75, 3.05) is 19.8 Å². The number of ether oxygens (including phenoxy) is 1. The van der Waals surface area contributed by atoms with E-state index in [4.69, 9.17) is 9.84 Å². The van der Waals surface area contributed by atoms with Crippen LogP contribution in [0.4, 0.5) is 13.2 Å². The van der Waals surface area contributed by atoms with Gasteiger partial charge in [0.15, 0.2) is 0 Å². The fraction of sp³-hybridized carbons (Fsp3) is 0.333. The molecule has 3 N–H and O–H groups in total. The third kappa shape index (κ3) is 7.64. The molecule has 0 saturated heterocycles. The molecule has 6 nitrogen and oxygen atoms in total. The van der Waals surface area contributed by atoms with Crippen LogP contribution >= 0.6 is 0 Å². The average Bonchev–Trinajstić information content (AvgIpc) is 3.61. The number of aliphatic hydroxyl groups is 1. The van der Waals surface area contributed by atoms with E-state index in [1.807, 2.05) is 0 Å². The number of benzene rings is 2. The summed E-state index contributed by atoms with van der Waals surface area (Å²) in [6.07, 6.45) is 0.280. The Morgan fingerprint density at radius 2 is 1.73 bits per heavy atom. The summed E-state index contributed by atoms with van der Waals surface area (Å²) in [5, 5.41) is 13.8. The predicted molar refractivity (Wildman–Crippen MR) is 116 cm³/mol. The number of rotatable bonds is 10. The van der Waals surface area contributed by atoms with Gasteiger partial charge in [-0.25, -0.2) is 0 Å². The first-order chi connectivity index (χ1) is 15.8. The van der Waals surface area contributed by atoms with Crippen LogP contribution in [0, 0.1) is 5.92 Å². The molecule has 1 aliphatic rings. The number of hydrogen-bond acceptors (Lipinski definition) is 4. The van der Waals surface area contributed by atoms with E-state index in [1.54, 1.807) is 24.3 Å². The lowest BCUT2D eigenvalue weighted by Crippen LogP contribution is -2.36. The van der Waals surface area contributed by atoms with Crippen LogP contribution in [0.3, 0.4) is 0 Å². The van der Waals surface area contributed by atoms with Crippen LogP contribution in [-0.2, 0) is 11.0 Å². The second-order valence-electron chi connectivity index (χ2n) is 7.72. The molecule has 0 heterocycles. The average molecular weight is 462 g/mol. The topological polar surface area (TPSA) is 87.7 Å². The summed E-state index contributed by atoms with van der Waals surface area (Å²) in [4.78, 5) is 25.1. The summed E-state index contributed by atoms with van der Waals surface area (Å²) in [5.74, 6) is 0.129. The Balaban J connectivity index is 1.70. The van der Waals surface area contributed by atoms with Gasteiger partial charge in [-0.2, -0.15) is 13.2 Å². The third-order valence-corrected chi connectivity index (χ3v) is 5.05. The van der Waals surface area contributed by atoms with E-state index in [0.717, 1.165) is 24.5 Å². The van der Waals surface area contributed by atoms with Crippen LogP contribution in [-0.4, -0.2) is 36.7 Å². The molecule has 0 aliphatic heterocycles. The molecular weight excluding hydrogens is 437 g/mol. The number of nitrogens with one attached hydrogen (secondary N) is 2. The van der Waals surface area contributed by atoms with Gasteiger partial charge in [-0.05, 0) is 60.4 Å². The molecule has 0 bridgehead atoms. The van der Waals surface area contributed by atoms with E-state index in [0.29, 0.717) is 12.4 Å². The maximum Gasteiger partial charge on any atom is 0.416 e. The quantitative estimate of drug-likeness (QED) is 0.469. The highest BCUT2D eigenvalue weighted by molar-refractivity contribution is 6.05. The van der Waals surface area contributed by atoms with Gasteiger partial charge in [-0.3, -0.25) is 9.59 Å². The minimum atomic E-state index is -4.48. The number of hydrogen-bond donors (Lipinski definition) is 3. The van der Waals surface area contributed by atoms with Crippen molar-refractivity contribution in [2.24, 2.45) is 5.92 Å². The van der Waals surface area contributed by atoms with Crippen LogP contribution in [0.5, 0.6) is 5.75 Å². The van der Waals surface area contributed by atoms with Gasteiger partial charge < -0.3 is 20.5 Å². The molecule has 0 atom stereocenters. The van der Waals surface area contributed by atoms with Crippen molar-refractivity contribution in [3.8, 4) is 5.75 Å². The molecular formula is C24H25F3N2O4. The molecule has 1 aliphatic carbocycles. The molecule has 0 aromatic heterocycles. The molecule has 9 heteroatoms. The lowest BCUT2D eigenvalue weighted by atomic mass is 10.1. The highest BCUT2D eigenvalue weighted by atomic mass is 19.4. The van der Waals surface area contributed by atoms with E-state index in [1.165, 1.54) is 31.1 Å². The zero-order valence-electron chi connectivity index (χ0n) is 17.8. The molecule has 176 valence electrons. The number of alkyl halides is 3. The van der Waals surface area contributed by atoms with Gasteiger partial charge in [0.2, 0.25) is 0 Å². The predicted octanol–water partition coefficient (Wildman–Crippen LogP) is 3.76. The summed E-state index contributed by atoms with van der Waals surface area (Å²) < 4.78 is 44.0. The summed E-state index contributed by atoms with van der Waals surface area (Å²) in [6.45, 7) is 0.253. The van der Waals surface area contributed by atoms with Crippen molar-refractivity contribution in [3.05, 3.63) is 70.9 Å². The van der Waals surface area contributed by atoms with E-state index in [9.17, 15) is 22.8 Å². The molecule has 0 spiro atoms. The van der Waals surface area contributed by atoms with Crippen molar-refractivity contribution in [3.63, 3.8) is 0 Å². The number of amides is 2. The van der Waals surface area contributed by atoms with Gasteiger partial charge in [-0.15, -0.1) is 0 Å². The Morgan fingerprint density at radius 1 is 1.06 bits per heavy atom. The first-order valence-electron chi connectivity index (χ1n) is 10.6. The van der Waals surface area contributed by atoms with Crippen LogP contribution < -0.4 is 15.4 Å². The van der Waals surface area contributed by atoms with Crippen molar-refractivity contribution < 1.29 is 32.6 Å². The van der Waals surface area contributed by atoms with Gasteiger partial charge in [0.05, 0.1) is 18.8 Å². The van der Waals surface area contributed by atoms with E-state index >= 15 is 0 Å². The molecule has 0 radical (unpaired) electrons. The van der Waals surface area contributed by atoms with Crippen LogP contribution in [0.1, 0.15) is 40.7 Å². The highest BCUT2D eigenvalue weighted by Gasteiger charge is 2.30. The van der Waals surface area contributed by atoms with E-state index in [2.05, 4.69) is 10.6 Å². The van der Waals surface area contributed by atoms with Crippen LogP contribution in [0.25, 0.3) is 6.08 Å². The Kier molecular flexibility index (Phi) is 8.11. The smallest absolute Gasteiger partial charge is 0.416 e. The van der Waals surface area contributed by atoms with Gasteiger partial charge in [0.1, 0.15) is 11.4 Å². The number of halogens is 3. The van der Waals surface area contributed by atoms with Gasteiger partial charge in [0, 0.05) is 12.1 Å². The largest absolute Gasteiger partial charge is 0.494 e. The Hall–Kier alpha value is -3.33. The van der Waals surface area contributed by atoms with Gasteiger partial charge >= 0.3 is 6.18 Å². The summed E-state index contributed by atoms with van der Waals surface area (Å²) in [5.41, 5.74) is -0.429. The summed E-state index contributed by atoms with van der Waals surface area (Å²) in [7, 11) is 0. The zero-order chi connectivity index (χ0) is 23.8. The minimum Gasteiger partial charge on any atom is -0.494 e. The molecule has 33 heavy (non-hydrogen) atoms. The van der Waals surface area contributed by atoms with Crippen molar-refractivity contribution >= 4 is 17.9 Å². The number of carbonyl (C=O) groups is 2. The van der Waals surface area contributed by atoms with Crippen LogP contribution in [0.15, 0.2) is 54.2 Å². The number of carbonyl (C=O) groups excluding carboxylic acids is 2. The molecule has 2 aromatic rings. The van der Waals surface area contributed by atoms with Gasteiger partial charge in [0.25, 0.3) is 11.8 Å². The third-order valence-electron chi connectivity index (χ3n) is 5.05. The lowest BCUT2D eigenvalue weighted by molar-refractivity contribution is -0.137. The standard InChI is InChI=1S/C24H25F3N2O4/c25-24(26,27)19-7-3-17(4-8-19)15-21(23(32)28-12-13-30)29-22(31)18-5-9-20(10-6-18)33-14-11-16-1-2-16/h3-10,15-16,30H,1-2,11-14H2,(H,28,32)(H,29,31)/b21-15+. The Morgan fingerprint density at radius 3 is 2.30 bits per heavy atom. The fourth-order valence-electron chi connectivity index (χ4n) is 3.01. The summed E-state index contributed by atoms with van der Waals surface area (Å²) in [6, 6.07) is 10.6. The first kappa shape index (κ1) is 24.3. The summed E-state index contributed by atoms with van der Waals surface area (Å²) >= 11 is 0. The fourth-order valence-corrected chi connectivity index (χ4v) is 3.01. The Bertz CT molecular complexity index is 982. The zero-order valence-corrected chi connectivity index (χ0v) is 17.8. The maximum absolute atomic E-state index is 12.8. The molecule has 1 fully saturated rings. The maximum atomic E-state index is 12.8. The second kappa shape index (κ2) is 11.0. The molecule has 2 amide bonds. The molecule has 0 unspecified atom stereocenters. The normalized spacial score (nSPS) is 14.0. The first-order valence-corrected chi connectivity index (χ1v) is 10.6. The highest BCUT2D eigenvalue weighted by Crippen LogP contribution is 2.32. The van der Waals surface area contributed by atoms with Crippen molar-refractivity contribution in [1.29, 1.82) is 0 Å². The number of aliphatic hydroxyl groups excluding tert-OH is 1. The SMILES string of the molecule is O=C(NCCO)/C(=C\c1ccc(C(F)(F)F)cc1)NC(=O)c1ccc(OCCC2CC2)cc1.